The molecule has 0 saturated carbocycles. The fourth-order valence-electron chi connectivity index (χ4n) is 3.62. The minimum Gasteiger partial charge on any atom is -0.507 e. The number of rotatable bonds is 5. The molecule has 0 atom stereocenters. The van der Waals surface area contributed by atoms with E-state index in [1.54, 1.807) is 49.4 Å². The molecule has 34 heavy (non-hydrogen) atoms. The summed E-state index contributed by atoms with van der Waals surface area (Å²) in [6.07, 6.45) is 0. The van der Waals surface area contributed by atoms with Gasteiger partial charge in [-0.2, -0.15) is 15.2 Å². The van der Waals surface area contributed by atoms with Gasteiger partial charge in [0, 0.05) is 11.1 Å². The van der Waals surface area contributed by atoms with E-state index < -0.39 is 0 Å². The van der Waals surface area contributed by atoms with Crippen LogP contribution < -0.4 is 21.5 Å². The third-order valence-electron chi connectivity index (χ3n) is 5.53. The monoisotopic (exact) mass is 455 g/mol. The quantitative estimate of drug-likeness (QED) is 0.223. The van der Waals surface area contributed by atoms with E-state index in [9.17, 15) is 9.90 Å². The van der Waals surface area contributed by atoms with Crippen LogP contribution in [0.3, 0.4) is 0 Å². The highest BCUT2D eigenvalue weighted by molar-refractivity contribution is 6.71. The number of hydrogen-bond donors (Lipinski definition) is 5. The van der Waals surface area contributed by atoms with Crippen LogP contribution in [0, 0.1) is 19.3 Å². The van der Waals surface area contributed by atoms with Crippen LogP contribution in [0.15, 0.2) is 70.9 Å². The van der Waals surface area contributed by atoms with Crippen molar-refractivity contribution in [2.24, 2.45) is 15.9 Å². The lowest BCUT2D eigenvalue weighted by Crippen LogP contribution is -2.28. The Morgan fingerprint density at radius 3 is 2.47 bits per heavy atom. The van der Waals surface area contributed by atoms with E-state index in [-0.39, 0.29) is 23.3 Å². The summed E-state index contributed by atoms with van der Waals surface area (Å²) in [4.78, 5) is 13.1. The zero-order valence-corrected chi connectivity index (χ0v) is 19.0. The topological polar surface area (TPSA) is 139 Å². The number of aromatic hydroxyl groups is 1. The third kappa shape index (κ3) is 4.31. The Kier molecular flexibility index (Phi) is 6.01. The van der Waals surface area contributed by atoms with Crippen LogP contribution in [0.1, 0.15) is 18.1 Å². The number of hydrogen-bond acceptors (Lipinski definition) is 6. The summed E-state index contributed by atoms with van der Waals surface area (Å²) in [5.41, 5.74) is 14.0. The van der Waals surface area contributed by atoms with Crippen LogP contribution in [0.5, 0.6) is 5.75 Å². The van der Waals surface area contributed by atoms with E-state index >= 15 is 0 Å². The van der Waals surface area contributed by atoms with Gasteiger partial charge >= 0.3 is 5.91 Å². The molecule has 0 aromatic heterocycles. The van der Waals surface area contributed by atoms with Crippen molar-refractivity contribution < 1.29 is 9.90 Å². The SMILES string of the molecule is CC1=NN(c2ccc(C)c(C)c2)C(=O)/C1=N\Nc1c(NC(=N)N)cccc1-c1ccccc1O. The smallest absolute Gasteiger partial charge is 0.301 e. The summed E-state index contributed by atoms with van der Waals surface area (Å²) < 4.78 is 0. The first-order valence-corrected chi connectivity index (χ1v) is 10.6. The molecule has 1 heterocycles. The second kappa shape index (κ2) is 9.07. The van der Waals surface area contributed by atoms with Crippen molar-refractivity contribution in [2.45, 2.75) is 20.8 Å². The Labute approximate surface area is 197 Å². The molecule has 0 aliphatic carbocycles. The summed E-state index contributed by atoms with van der Waals surface area (Å²) in [7, 11) is 0. The van der Waals surface area contributed by atoms with Crippen molar-refractivity contribution in [1.29, 1.82) is 5.41 Å². The van der Waals surface area contributed by atoms with Gasteiger partial charge in [0.2, 0.25) is 0 Å². The summed E-state index contributed by atoms with van der Waals surface area (Å²) in [6, 6.07) is 17.8. The molecular formula is C25H25N7O2. The van der Waals surface area contributed by atoms with Crippen LogP contribution in [-0.2, 0) is 4.79 Å². The molecule has 1 aliphatic heterocycles. The highest BCUT2D eigenvalue weighted by atomic mass is 16.3. The van der Waals surface area contributed by atoms with Gasteiger partial charge in [-0.15, -0.1) is 0 Å². The summed E-state index contributed by atoms with van der Waals surface area (Å²) in [5.74, 6) is -0.552. The number of nitrogens with one attached hydrogen (secondary N) is 3. The van der Waals surface area contributed by atoms with E-state index in [1.807, 2.05) is 32.0 Å². The number of phenols is 1. The number of nitrogens with zero attached hydrogens (tertiary/aromatic N) is 3. The number of benzene rings is 3. The van der Waals surface area contributed by atoms with Crippen molar-refractivity contribution in [3.05, 3.63) is 71.8 Å². The zero-order chi connectivity index (χ0) is 24.4. The van der Waals surface area contributed by atoms with Crippen LogP contribution in [-0.4, -0.2) is 28.4 Å². The van der Waals surface area contributed by atoms with Gasteiger partial charge in [-0.1, -0.05) is 36.4 Å². The lowest BCUT2D eigenvalue weighted by Gasteiger charge is -2.16. The number of carbonyl (C=O) groups is 1. The number of nitrogens with two attached hydrogens (primary N) is 1. The molecule has 9 heteroatoms. The van der Waals surface area contributed by atoms with Crippen molar-refractivity contribution in [3.63, 3.8) is 0 Å². The number of anilines is 3. The predicted octanol–water partition coefficient (Wildman–Crippen LogP) is 4.17. The lowest BCUT2D eigenvalue weighted by atomic mass is 10.0. The van der Waals surface area contributed by atoms with E-state index in [2.05, 4.69) is 20.9 Å². The van der Waals surface area contributed by atoms with Crippen molar-refractivity contribution in [2.75, 3.05) is 15.8 Å². The molecular weight excluding hydrogens is 430 g/mol. The molecule has 1 aliphatic rings. The summed E-state index contributed by atoms with van der Waals surface area (Å²) >= 11 is 0. The fraction of sp³-hybridized carbons (Fsp3) is 0.120. The number of phenolic OH excluding ortho intramolecular Hbond substituents is 1. The van der Waals surface area contributed by atoms with Gasteiger partial charge < -0.3 is 16.2 Å². The Morgan fingerprint density at radius 1 is 1.03 bits per heavy atom. The first-order valence-electron chi connectivity index (χ1n) is 10.6. The molecule has 4 rings (SSSR count). The number of aryl methyl sites for hydroxylation is 2. The number of amides is 1. The fourth-order valence-corrected chi connectivity index (χ4v) is 3.62. The predicted molar refractivity (Wildman–Crippen MR) is 137 cm³/mol. The molecule has 0 radical (unpaired) electrons. The molecule has 3 aromatic rings. The lowest BCUT2D eigenvalue weighted by molar-refractivity contribution is -0.112. The normalized spacial score (nSPS) is 14.3. The first kappa shape index (κ1) is 22.5. The molecule has 3 aromatic carbocycles. The van der Waals surface area contributed by atoms with Gasteiger partial charge in [0.25, 0.3) is 0 Å². The standard InChI is InChI=1S/C25H25N7O2/c1-14-11-12-17(13-15(14)2)32-24(34)22(16(3)31-32)29-30-23-19(18-7-4-5-10-21(18)33)8-6-9-20(23)28-25(26)27/h4-13,30,33H,1-3H3,(H4,26,27,28)/b29-22-. The van der Waals surface area contributed by atoms with Gasteiger partial charge in [-0.05, 0) is 56.2 Å². The van der Waals surface area contributed by atoms with Crippen molar-refractivity contribution in [3.8, 4) is 16.9 Å². The molecule has 0 unspecified atom stereocenters. The van der Waals surface area contributed by atoms with Crippen LogP contribution in [0.25, 0.3) is 11.1 Å². The van der Waals surface area contributed by atoms with Gasteiger partial charge in [-0.25, -0.2) is 0 Å². The Bertz CT molecular complexity index is 1360. The minimum absolute atomic E-state index is 0.0776. The second-order valence-corrected chi connectivity index (χ2v) is 7.93. The molecule has 9 nitrogen and oxygen atoms in total. The largest absolute Gasteiger partial charge is 0.507 e. The average molecular weight is 456 g/mol. The molecule has 172 valence electrons. The summed E-state index contributed by atoms with van der Waals surface area (Å²) in [5, 5.41) is 30.9. The van der Waals surface area contributed by atoms with E-state index in [1.165, 1.54) is 5.01 Å². The molecule has 0 fully saturated rings. The van der Waals surface area contributed by atoms with E-state index in [4.69, 9.17) is 11.1 Å². The maximum atomic E-state index is 13.1. The highest BCUT2D eigenvalue weighted by Gasteiger charge is 2.31. The maximum absolute atomic E-state index is 13.1. The number of carbonyl (C=O) groups excluding carboxylic acids is 1. The third-order valence-corrected chi connectivity index (χ3v) is 5.53. The van der Waals surface area contributed by atoms with E-state index in [0.717, 1.165) is 11.1 Å². The number of hydrazone groups is 2. The van der Waals surface area contributed by atoms with Crippen LogP contribution in [0.2, 0.25) is 0 Å². The van der Waals surface area contributed by atoms with Gasteiger partial charge in [0.15, 0.2) is 11.7 Å². The maximum Gasteiger partial charge on any atom is 0.301 e. The Balaban J connectivity index is 1.72. The number of guanidine groups is 1. The number of para-hydroxylation sites is 2. The minimum atomic E-state index is -0.366. The molecule has 0 spiro atoms. The van der Waals surface area contributed by atoms with Gasteiger partial charge in [0.1, 0.15) is 5.75 Å². The molecule has 0 saturated heterocycles. The second-order valence-electron chi connectivity index (χ2n) is 7.93. The Morgan fingerprint density at radius 2 is 1.76 bits per heavy atom. The zero-order valence-electron chi connectivity index (χ0n) is 19.0. The Hall–Kier alpha value is -4.66. The van der Waals surface area contributed by atoms with Crippen molar-refractivity contribution >= 4 is 40.4 Å². The first-order chi connectivity index (χ1) is 16.3. The highest BCUT2D eigenvalue weighted by Crippen LogP contribution is 2.38. The average Bonchev–Trinajstić information content (AvgIpc) is 3.08. The van der Waals surface area contributed by atoms with Gasteiger partial charge in [0.05, 0.1) is 22.8 Å². The molecule has 0 bridgehead atoms. The van der Waals surface area contributed by atoms with Gasteiger partial charge in [-0.3, -0.25) is 15.6 Å². The summed E-state index contributed by atoms with van der Waals surface area (Å²) in [6.45, 7) is 5.69. The van der Waals surface area contributed by atoms with Crippen molar-refractivity contribution in [1.82, 2.24) is 0 Å². The van der Waals surface area contributed by atoms with Crippen LogP contribution in [0.4, 0.5) is 17.1 Å². The van der Waals surface area contributed by atoms with E-state index in [0.29, 0.717) is 33.9 Å². The van der Waals surface area contributed by atoms with Crippen LogP contribution >= 0.6 is 0 Å². The molecule has 1 amide bonds. The molecule has 6 N–H and O–H groups in total.